The van der Waals surface area contributed by atoms with Gasteiger partial charge >= 0.3 is 0 Å². The van der Waals surface area contributed by atoms with Crippen molar-refractivity contribution in [3.63, 3.8) is 0 Å². The highest BCUT2D eigenvalue weighted by Gasteiger charge is 2.04. The Kier molecular flexibility index (Phi) is 5.63. The molecule has 5 heteroatoms. The van der Waals surface area contributed by atoms with E-state index in [0.717, 1.165) is 27.6 Å². The SMILES string of the molecule is Cc1cc(OCCNc2ccc(Cl)cc2Cl)cc(C)c1Cl. The maximum absolute atomic E-state index is 6.13. The Balaban J connectivity index is 1.87. The van der Waals surface area contributed by atoms with Crippen LogP contribution in [-0.2, 0) is 0 Å². The molecule has 0 heterocycles. The minimum Gasteiger partial charge on any atom is -0.492 e. The van der Waals surface area contributed by atoms with Gasteiger partial charge in [-0.25, -0.2) is 0 Å². The van der Waals surface area contributed by atoms with Crippen molar-refractivity contribution in [2.24, 2.45) is 0 Å². The van der Waals surface area contributed by atoms with Gasteiger partial charge in [-0.05, 0) is 55.3 Å². The van der Waals surface area contributed by atoms with Gasteiger partial charge in [-0.3, -0.25) is 0 Å². The van der Waals surface area contributed by atoms with Crippen LogP contribution in [0.4, 0.5) is 5.69 Å². The maximum Gasteiger partial charge on any atom is 0.120 e. The first-order valence-electron chi connectivity index (χ1n) is 6.56. The van der Waals surface area contributed by atoms with Gasteiger partial charge in [-0.15, -0.1) is 0 Å². The van der Waals surface area contributed by atoms with Gasteiger partial charge in [0, 0.05) is 16.6 Å². The maximum atomic E-state index is 6.13. The molecule has 0 bridgehead atoms. The number of ether oxygens (including phenoxy) is 1. The summed E-state index contributed by atoms with van der Waals surface area (Å²) < 4.78 is 5.72. The smallest absolute Gasteiger partial charge is 0.120 e. The van der Waals surface area contributed by atoms with Gasteiger partial charge in [0.15, 0.2) is 0 Å². The third-order valence-corrected chi connectivity index (χ3v) is 4.17. The van der Waals surface area contributed by atoms with Crippen molar-refractivity contribution in [2.75, 3.05) is 18.5 Å². The minimum atomic E-state index is 0.527. The summed E-state index contributed by atoms with van der Waals surface area (Å²) in [5.74, 6) is 0.818. The average Bonchev–Trinajstić information content (AvgIpc) is 2.42. The van der Waals surface area contributed by atoms with Crippen LogP contribution in [0.15, 0.2) is 30.3 Å². The fourth-order valence-corrected chi connectivity index (χ4v) is 2.56. The molecule has 0 saturated carbocycles. The van der Waals surface area contributed by atoms with Crippen molar-refractivity contribution in [3.8, 4) is 5.75 Å². The first-order valence-corrected chi connectivity index (χ1v) is 7.69. The molecule has 0 aliphatic heterocycles. The number of benzene rings is 2. The van der Waals surface area contributed by atoms with Crippen molar-refractivity contribution >= 4 is 40.5 Å². The number of anilines is 1. The largest absolute Gasteiger partial charge is 0.492 e. The Hall–Kier alpha value is -1.09. The van der Waals surface area contributed by atoms with Crippen LogP contribution in [0.25, 0.3) is 0 Å². The van der Waals surface area contributed by atoms with E-state index in [1.165, 1.54) is 0 Å². The number of hydrogen-bond donors (Lipinski definition) is 1. The third-order valence-electron chi connectivity index (χ3n) is 3.03. The molecule has 0 saturated heterocycles. The van der Waals surface area contributed by atoms with Crippen LogP contribution >= 0.6 is 34.8 Å². The van der Waals surface area contributed by atoms with Crippen LogP contribution in [0.1, 0.15) is 11.1 Å². The molecule has 2 aromatic rings. The zero-order valence-corrected chi connectivity index (χ0v) is 14.1. The average molecular weight is 345 g/mol. The van der Waals surface area contributed by atoms with E-state index in [1.807, 2.05) is 32.0 Å². The molecule has 2 nitrogen and oxygen atoms in total. The topological polar surface area (TPSA) is 21.3 Å². The van der Waals surface area contributed by atoms with E-state index in [-0.39, 0.29) is 0 Å². The van der Waals surface area contributed by atoms with Crippen LogP contribution in [0.3, 0.4) is 0 Å². The van der Waals surface area contributed by atoms with E-state index in [9.17, 15) is 0 Å². The summed E-state index contributed by atoms with van der Waals surface area (Å²) in [4.78, 5) is 0. The predicted molar refractivity (Wildman–Crippen MR) is 91.4 cm³/mol. The Morgan fingerprint density at radius 3 is 2.29 bits per heavy atom. The van der Waals surface area contributed by atoms with Gasteiger partial charge in [0.25, 0.3) is 0 Å². The van der Waals surface area contributed by atoms with Crippen LogP contribution in [0, 0.1) is 13.8 Å². The normalized spacial score (nSPS) is 10.5. The molecule has 0 amide bonds. The summed E-state index contributed by atoms with van der Waals surface area (Å²) in [7, 11) is 0. The van der Waals surface area contributed by atoms with Crippen LogP contribution in [-0.4, -0.2) is 13.2 Å². The van der Waals surface area contributed by atoms with Gasteiger partial charge < -0.3 is 10.1 Å². The Labute approximate surface area is 140 Å². The van der Waals surface area contributed by atoms with Gasteiger partial charge in [0.05, 0.1) is 10.7 Å². The molecule has 112 valence electrons. The molecular weight excluding hydrogens is 329 g/mol. The van der Waals surface area contributed by atoms with E-state index >= 15 is 0 Å². The molecule has 0 aliphatic rings. The minimum absolute atomic E-state index is 0.527. The second kappa shape index (κ2) is 7.26. The van der Waals surface area contributed by atoms with Gasteiger partial charge in [-0.2, -0.15) is 0 Å². The molecular formula is C16H16Cl3NO. The molecule has 0 radical (unpaired) electrons. The van der Waals surface area contributed by atoms with E-state index in [1.54, 1.807) is 12.1 Å². The van der Waals surface area contributed by atoms with E-state index in [2.05, 4.69) is 5.32 Å². The number of rotatable bonds is 5. The molecule has 0 aromatic heterocycles. The summed E-state index contributed by atoms with van der Waals surface area (Å²) in [6, 6.07) is 9.22. The lowest BCUT2D eigenvalue weighted by atomic mass is 10.1. The van der Waals surface area contributed by atoms with Crippen LogP contribution < -0.4 is 10.1 Å². The van der Waals surface area contributed by atoms with Gasteiger partial charge in [0.2, 0.25) is 0 Å². The molecule has 0 spiro atoms. The molecule has 2 aromatic carbocycles. The lowest BCUT2D eigenvalue weighted by Gasteiger charge is -2.12. The van der Waals surface area contributed by atoms with Crippen molar-refractivity contribution in [1.29, 1.82) is 0 Å². The first kappa shape index (κ1) is 16.3. The highest BCUT2D eigenvalue weighted by atomic mass is 35.5. The Bertz CT molecular complexity index is 620. The highest BCUT2D eigenvalue weighted by Crippen LogP contribution is 2.26. The van der Waals surface area contributed by atoms with Crippen molar-refractivity contribution < 1.29 is 4.74 Å². The molecule has 2 rings (SSSR count). The lowest BCUT2D eigenvalue weighted by molar-refractivity contribution is 0.332. The second-order valence-corrected chi connectivity index (χ2v) is 5.99. The summed E-state index contributed by atoms with van der Waals surface area (Å²) in [5, 5.41) is 5.21. The van der Waals surface area contributed by atoms with Crippen molar-refractivity contribution in [2.45, 2.75) is 13.8 Å². The highest BCUT2D eigenvalue weighted by molar-refractivity contribution is 6.36. The standard InChI is InChI=1S/C16H16Cl3NO/c1-10-7-13(8-11(2)16(10)19)21-6-5-20-15-4-3-12(17)9-14(15)18/h3-4,7-9,20H,5-6H2,1-2H3. The summed E-state index contributed by atoms with van der Waals surface area (Å²) in [6.07, 6.45) is 0. The van der Waals surface area contributed by atoms with E-state index in [0.29, 0.717) is 23.2 Å². The summed E-state index contributed by atoms with van der Waals surface area (Å²) >= 11 is 18.1. The first-order chi connectivity index (χ1) is 9.97. The number of halogens is 3. The number of aryl methyl sites for hydroxylation is 2. The van der Waals surface area contributed by atoms with E-state index in [4.69, 9.17) is 39.5 Å². The quantitative estimate of drug-likeness (QED) is 0.697. The Morgan fingerprint density at radius 1 is 1.00 bits per heavy atom. The van der Waals surface area contributed by atoms with Crippen LogP contribution in [0.2, 0.25) is 15.1 Å². The molecule has 0 fully saturated rings. The van der Waals surface area contributed by atoms with Gasteiger partial charge in [0.1, 0.15) is 12.4 Å². The fraction of sp³-hybridized carbons (Fsp3) is 0.250. The molecule has 21 heavy (non-hydrogen) atoms. The fourth-order valence-electron chi connectivity index (χ4n) is 1.98. The molecule has 0 aliphatic carbocycles. The monoisotopic (exact) mass is 343 g/mol. The van der Waals surface area contributed by atoms with Crippen molar-refractivity contribution in [3.05, 3.63) is 56.5 Å². The molecule has 1 N–H and O–H groups in total. The molecule has 0 unspecified atom stereocenters. The second-order valence-electron chi connectivity index (χ2n) is 4.77. The lowest BCUT2D eigenvalue weighted by Crippen LogP contribution is -2.11. The third kappa shape index (κ3) is 4.44. The number of hydrogen-bond acceptors (Lipinski definition) is 2. The Morgan fingerprint density at radius 2 is 1.67 bits per heavy atom. The van der Waals surface area contributed by atoms with Gasteiger partial charge in [-0.1, -0.05) is 34.8 Å². The van der Waals surface area contributed by atoms with Crippen LogP contribution in [0.5, 0.6) is 5.75 Å². The molecule has 0 atom stereocenters. The predicted octanol–water partition coefficient (Wildman–Crippen LogP) is 5.75. The van der Waals surface area contributed by atoms with E-state index < -0.39 is 0 Å². The zero-order valence-electron chi connectivity index (χ0n) is 11.8. The summed E-state index contributed by atoms with van der Waals surface area (Å²) in [6.45, 7) is 5.10. The van der Waals surface area contributed by atoms with Crippen molar-refractivity contribution in [1.82, 2.24) is 0 Å². The zero-order chi connectivity index (χ0) is 15.4. The number of nitrogens with one attached hydrogen (secondary N) is 1. The summed E-state index contributed by atoms with van der Waals surface area (Å²) in [5.41, 5.74) is 2.87.